The molecule has 1 saturated heterocycles. The summed E-state index contributed by atoms with van der Waals surface area (Å²) in [6.07, 6.45) is 1.91. The van der Waals surface area contributed by atoms with Gasteiger partial charge in [-0.25, -0.2) is 4.39 Å². The molecule has 1 amide bonds. The number of carbonyl (C=O) groups is 1. The molecule has 1 heterocycles. The Bertz CT molecular complexity index is 461. The first-order valence-corrected chi connectivity index (χ1v) is 6.22. The average Bonchev–Trinajstić information content (AvgIpc) is 2.34. The lowest BCUT2D eigenvalue weighted by molar-refractivity contribution is 0.0996. The molecule has 98 valence electrons. The first-order valence-electron chi connectivity index (χ1n) is 5.84. The van der Waals surface area contributed by atoms with Crippen LogP contribution in [0.25, 0.3) is 0 Å². The number of halogens is 2. The summed E-state index contributed by atoms with van der Waals surface area (Å²) >= 11 is 6.01. The van der Waals surface area contributed by atoms with Crippen molar-refractivity contribution in [1.29, 1.82) is 0 Å². The fourth-order valence-corrected chi connectivity index (χ4v) is 2.25. The van der Waals surface area contributed by atoms with E-state index in [0.717, 1.165) is 25.9 Å². The Labute approximate surface area is 110 Å². The molecule has 0 radical (unpaired) electrons. The van der Waals surface area contributed by atoms with Gasteiger partial charge in [0.05, 0.1) is 16.3 Å². The molecule has 18 heavy (non-hydrogen) atoms. The summed E-state index contributed by atoms with van der Waals surface area (Å²) < 4.78 is 13.6. The Morgan fingerprint density at radius 2 is 2.11 bits per heavy atom. The van der Waals surface area contributed by atoms with Gasteiger partial charge < -0.3 is 16.4 Å². The third kappa shape index (κ3) is 2.91. The second kappa shape index (κ2) is 5.54. The number of nitrogens with two attached hydrogens (primary N) is 1. The van der Waals surface area contributed by atoms with Crippen LogP contribution in [-0.2, 0) is 0 Å². The number of benzene rings is 1. The fourth-order valence-electron chi connectivity index (χ4n) is 2.03. The van der Waals surface area contributed by atoms with Crippen molar-refractivity contribution < 1.29 is 9.18 Å². The van der Waals surface area contributed by atoms with Crippen LogP contribution in [0, 0.1) is 5.82 Å². The summed E-state index contributed by atoms with van der Waals surface area (Å²) in [7, 11) is 0. The van der Waals surface area contributed by atoms with Gasteiger partial charge in [0.1, 0.15) is 5.82 Å². The van der Waals surface area contributed by atoms with Crippen LogP contribution in [0.5, 0.6) is 0 Å². The number of carbonyl (C=O) groups excluding carboxylic acids is 1. The van der Waals surface area contributed by atoms with E-state index < -0.39 is 11.7 Å². The minimum absolute atomic E-state index is 0.184. The van der Waals surface area contributed by atoms with Crippen molar-refractivity contribution in [2.24, 2.45) is 5.73 Å². The molecule has 0 aromatic heterocycles. The van der Waals surface area contributed by atoms with Crippen LogP contribution in [0.3, 0.4) is 0 Å². The van der Waals surface area contributed by atoms with Crippen LogP contribution in [-0.4, -0.2) is 25.0 Å². The Kier molecular flexibility index (Phi) is 4.04. The van der Waals surface area contributed by atoms with Gasteiger partial charge in [0.2, 0.25) is 0 Å². The van der Waals surface area contributed by atoms with E-state index in [-0.39, 0.29) is 11.6 Å². The van der Waals surface area contributed by atoms with Crippen molar-refractivity contribution in [2.75, 3.05) is 18.4 Å². The molecule has 1 aromatic rings. The van der Waals surface area contributed by atoms with Crippen molar-refractivity contribution >= 4 is 23.2 Å². The zero-order valence-corrected chi connectivity index (χ0v) is 10.6. The molecule has 0 bridgehead atoms. The van der Waals surface area contributed by atoms with Crippen LogP contribution in [0.4, 0.5) is 10.1 Å². The van der Waals surface area contributed by atoms with Gasteiger partial charge in [-0.15, -0.1) is 0 Å². The molecular weight excluding hydrogens is 257 g/mol. The van der Waals surface area contributed by atoms with Gasteiger partial charge in [0.15, 0.2) is 0 Å². The molecule has 4 N–H and O–H groups in total. The Hall–Kier alpha value is -1.33. The maximum atomic E-state index is 13.6. The van der Waals surface area contributed by atoms with Crippen molar-refractivity contribution in [1.82, 2.24) is 5.32 Å². The van der Waals surface area contributed by atoms with E-state index >= 15 is 0 Å². The van der Waals surface area contributed by atoms with Gasteiger partial charge in [-0.05, 0) is 38.1 Å². The predicted octanol–water partition coefficient (Wildman–Crippen LogP) is 1.74. The maximum absolute atomic E-state index is 13.6. The third-order valence-corrected chi connectivity index (χ3v) is 3.33. The van der Waals surface area contributed by atoms with Gasteiger partial charge in [0, 0.05) is 6.04 Å². The Balaban J connectivity index is 2.18. The van der Waals surface area contributed by atoms with E-state index in [1.807, 2.05) is 0 Å². The highest BCUT2D eigenvalue weighted by molar-refractivity contribution is 6.33. The molecule has 1 fully saturated rings. The van der Waals surface area contributed by atoms with Crippen LogP contribution in [0.1, 0.15) is 23.2 Å². The Morgan fingerprint density at radius 3 is 2.72 bits per heavy atom. The molecular formula is C12H15ClFN3O. The number of anilines is 1. The molecule has 2 rings (SSSR count). The van der Waals surface area contributed by atoms with Gasteiger partial charge in [-0.3, -0.25) is 4.79 Å². The number of hydrogen-bond acceptors (Lipinski definition) is 3. The average molecular weight is 272 g/mol. The molecule has 0 saturated carbocycles. The second-order valence-corrected chi connectivity index (χ2v) is 4.75. The molecule has 6 heteroatoms. The number of hydrogen-bond donors (Lipinski definition) is 3. The zero-order chi connectivity index (χ0) is 13.1. The van der Waals surface area contributed by atoms with Crippen LogP contribution in [0.15, 0.2) is 12.1 Å². The van der Waals surface area contributed by atoms with Crippen molar-refractivity contribution in [3.63, 3.8) is 0 Å². The maximum Gasteiger partial charge on any atom is 0.251 e. The lowest BCUT2D eigenvalue weighted by atomic mass is 10.1. The normalized spacial score (nSPS) is 16.6. The predicted molar refractivity (Wildman–Crippen MR) is 69.4 cm³/mol. The summed E-state index contributed by atoms with van der Waals surface area (Å²) in [5.74, 6) is -1.47. The van der Waals surface area contributed by atoms with E-state index in [1.54, 1.807) is 0 Å². The molecule has 0 atom stereocenters. The highest BCUT2D eigenvalue weighted by Gasteiger charge is 2.17. The Morgan fingerprint density at radius 1 is 1.44 bits per heavy atom. The number of piperidine rings is 1. The first kappa shape index (κ1) is 13.1. The first-order chi connectivity index (χ1) is 8.58. The smallest absolute Gasteiger partial charge is 0.251 e. The lowest BCUT2D eigenvalue weighted by Gasteiger charge is -2.25. The lowest BCUT2D eigenvalue weighted by Crippen LogP contribution is -2.35. The van der Waals surface area contributed by atoms with Gasteiger partial charge in [0.25, 0.3) is 5.91 Å². The van der Waals surface area contributed by atoms with E-state index in [4.69, 9.17) is 17.3 Å². The van der Waals surface area contributed by atoms with Crippen LogP contribution >= 0.6 is 11.6 Å². The molecule has 0 aliphatic carbocycles. The van der Waals surface area contributed by atoms with Crippen molar-refractivity contribution in [3.05, 3.63) is 28.5 Å². The van der Waals surface area contributed by atoms with E-state index in [9.17, 15) is 9.18 Å². The van der Waals surface area contributed by atoms with Crippen molar-refractivity contribution in [2.45, 2.75) is 18.9 Å². The number of amides is 1. The topological polar surface area (TPSA) is 67.2 Å². The van der Waals surface area contributed by atoms with E-state index in [0.29, 0.717) is 10.7 Å². The van der Waals surface area contributed by atoms with Gasteiger partial charge >= 0.3 is 0 Å². The fraction of sp³-hybridized carbons (Fsp3) is 0.417. The number of primary amides is 1. The SMILES string of the molecule is NC(=O)c1cc(Cl)c(NC2CCNCC2)cc1F. The van der Waals surface area contributed by atoms with Gasteiger partial charge in [-0.2, -0.15) is 0 Å². The summed E-state index contributed by atoms with van der Waals surface area (Å²) in [6, 6.07) is 2.76. The second-order valence-electron chi connectivity index (χ2n) is 4.34. The van der Waals surface area contributed by atoms with Crippen LogP contribution < -0.4 is 16.4 Å². The molecule has 1 aromatic carbocycles. The summed E-state index contributed by atoms with van der Waals surface area (Å²) in [4.78, 5) is 11.0. The van der Waals surface area contributed by atoms with Crippen molar-refractivity contribution in [3.8, 4) is 0 Å². The van der Waals surface area contributed by atoms with Crippen LogP contribution in [0.2, 0.25) is 5.02 Å². The summed E-state index contributed by atoms with van der Waals surface area (Å²) in [5.41, 5.74) is 5.37. The molecule has 0 unspecified atom stereocenters. The zero-order valence-electron chi connectivity index (χ0n) is 9.80. The minimum atomic E-state index is -0.817. The summed E-state index contributed by atoms with van der Waals surface area (Å²) in [6.45, 7) is 1.86. The number of rotatable bonds is 3. The monoisotopic (exact) mass is 271 g/mol. The molecule has 1 aliphatic heterocycles. The standard InChI is InChI=1S/C12H15ClFN3O/c13-9-5-8(12(15)18)10(14)6-11(9)17-7-1-3-16-4-2-7/h5-7,16-17H,1-4H2,(H2,15,18). The number of nitrogens with one attached hydrogen (secondary N) is 2. The highest BCUT2D eigenvalue weighted by atomic mass is 35.5. The summed E-state index contributed by atoms with van der Waals surface area (Å²) in [5, 5.41) is 6.74. The molecule has 4 nitrogen and oxygen atoms in total. The minimum Gasteiger partial charge on any atom is -0.381 e. The van der Waals surface area contributed by atoms with Gasteiger partial charge in [-0.1, -0.05) is 11.6 Å². The molecule has 1 aliphatic rings. The van der Waals surface area contributed by atoms with E-state index in [2.05, 4.69) is 10.6 Å². The highest BCUT2D eigenvalue weighted by Crippen LogP contribution is 2.27. The largest absolute Gasteiger partial charge is 0.381 e. The molecule has 0 spiro atoms. The quantitative estimate of drug-likeness (QED) is 0.784. The van der Waals surface area contributed by atoms with E-state index in [1.165, 1.54) is 12.1 Å². The third-order valence-electron chi connectivity index (χ3n) is 3.02.